The highest BCUT2D eigenvalue weighted by molar-refractivity contribution is 7.81. The van der Waals surface area contributed by atoms with Gasteiger partial charge in [-0.25, -0.2) is 9.78 Å². The van der Waals surface area contributed by atoms with Crippen molar-refractivity contribution in [2.45, 2.75) is 88.8 Å². The first kappa shape index (κ1) is 33.3. The Kier molecular flexibility index (Phi) is 12.2. The van der Waals surface area contributed by atoms with Gasteiger partial charge in [-0.15, -0.1) is 11.3 Å². The Balaban J connectivity index is 1.55. The molecule has 42 heavy (non-hydrogen) atoms. The molecule has 4 amide bonds. The Bertz CT molecular complexity index is 1230. The summed E-state index contributed by atoms with van der Waals surface area (Å²) in [4.78, 5) is 56.9. The molecule has 0 aliphatic carbocycles. The van der Waals surface area contributed by atoms with E-state index in [-0.39, 0.29) is 44.4 Å². The molecule has 5 N–H and O–H groups in total. The first-order chi connectivity index (χ1) is 19.9. The maximum absolute atomic E-state index is 13.7. The van der Waals surface area contributed by atoms with Crippen molar-refractivity contribution in [1.29, 1.82) is 0 Å². The first-order valence-corrected chi connectivity index (χ1v) is 15.4. The fraction of sp³-hybridized carbons (Fsp3) is 0.552. The van der Waals surface area contributed by atoms with Crippen molar-refractivity contribution < 1.29 is 29.0 Å². The van der Waals surface area contributed by atoms with Crippen molar-refractivity contribution in [3.63, 3.8) is 0 Å². The topological polar surface area (TPSA) is 164 Å². The summed E-state index contributed by atoms with van der Waals surface area (Å²) in [6.45, 7) is 5.89. The standard InChI is InChI=1S/C29H41N5O6S2/c1-18-24(42-17-32-18)20-11-9-19(10-12-20)15-31-26(37)22-14-21(35)16-34(22)27(38)25(29(2,3)41)33-23(36)8-6-4-5-7-13-40-28(30)39/h9-12,17,21-22,25,35,41H,4-8,13-16H2,1-3H3,(H2,30,39)(H,31,37)(H,33,36)/t21-,22+,25-/m1/s1. The van der Waals surface area contributed by atoms with E-state index in [0.717, 1.165) is 34.5 Å². The minimum absolute atomic E-state index is 0.0105. The second kappa shape index (κ2) is 15.4. The van der Waals surface area contributed by atoms with Gasteiger partial charge in [0, 0.05) is 30.7 Å². The van der Waals surface area contributed by atoms with Crippen molar-refractivity contribution in [2.24, 2.45) is 5.73 Å². The van der Waals surface area contributed by atoms with E-state index in [4.69, 9.17) is 5.73 Å². The van der Waals surface area contributed by atoms with Crippen LogP contribution in [-0.4, -0.2) is 74.9 Å². The minimum Gasteiger partial charge on any atom is -0.450 e. The molecule has 0 saturated carbocycles. The van der Waals surface area contributed by atoms with E-state index >= 15 is 0 Å². The monoisotopic (exact) mass is 619 g/mol. The summed E-state index contributed by atoms with van der Waals surface area (Å²) in [6, 6.07) is 5.97. The summed E-state index contributed by atoms with van der Waals surface area (Å²) >= 11 is 6.14. The SMILES string of the molecule is Cc1ncsc1-c1ccc(CNC(=O)[C@@H]2C[C@@H](O)CN2C(=O)[C@@H](NC(=O)CCCCCCOC(N)=O)C(C)(C)S)cc1. The summed E-state index contributed by atoms with van der Waals surface area (Å²) in [5, 5.41) is 16.1. The minimum atomic E-state index is -0.999. The molecular formula is C29H41N5O6S2. The van der Waals surface area contributed by atoms with Crippen molar-refractivity contribution in [2.75, 3.05) is 13.2 Å². The number of nitrogens with one attached hydrogen (secondary N) is 2. The number of aromatic nitrogens is 1. The quantitative estimate of drug-likeness (QED) is 0.160. The molecule has 1 aliphatic heterocycles. The number of unbranched alkanes of at least 4 members (excludes halogenated alkanes) is 3. The lowest BCUT2D eigenvalue weighted by Gasteiger charge is -2.34. The highest BCUT2D eigenvalue weighted by atomic mass is 32.1. The van der Waals surface area contributed by atoms with Gasteiger partial charge in [0.2, 0.25) is 17.7 Å². The molecule has 230 valence electrons. The van der Waals surface area contributed by atoms with Crippen molar-refractivity contribution in [3.05, 3.63) is 41.0 Å². The van der Waals surface area contributed by atoms with Crippen LogP contribution >= 0.6 is 24.0 Å². The summed E-state index contributed by atoms with van der Waals surface area (Å²) in [7, 11) is 0. The number of nitrogens with two attached hydrogens (primary N) is 1. The van der Waals surface area contributed by atoms with Crippen LogP contribution in [-0.2, 0) is 25.7 Å². The number of carbonyl (C=O) groups excluding carboxylic acids is 4. The highest BCUT2D eigenvalue weighted by Gasteiger charge is 2.44. The van der Waals surface area contributed by atoms with Gasteiger partial charge in [-0.05, 0) is 44.7 Å². The molecule has 0 bridgehead atoms. The Morgan fingerprint density at radius 1 is 1.19 bits per heavy atom. The maximum Gasteiger partial charge on any atom is 0.404 e. The van der Waals surface area contributed by atoms with E-state index in [1.165, 1.54) is 4.90 Å². The largest absolute Gasteiger partial charge is 0.450 e. The maximum atomic E-state index is 13.7. The van der Waals surface area contributed by atoms with Gasteiger partial charge in [-0.3, -0.25) is 14.4 Å². The second-order valence-corrected chi connectivity index (χ2v) is 13.1. The Hall–Kier alpha value is -3.16. The molecule has 0 radical (unpaired) electrons. The lowest BCUT2D eigenvalue weighted by atomic mass is 10.00. The number of β-amino-alcohol motifs (C(OH)–C–C–N with tert-alkyl or cyclic N) is 1. The van der Waals surface area contributed by atoms with E-state index in [9.17, 15) is 24.3 Å². The molecule has 3 atom stereocenters. The van der Waals surface area contributed by atoms with Gasteiger partial charge in [0.25, 0.3) is 0 Å². The van der Waals surface area contributed by atoms with Crippen LogP contribution in [0.5, 0.6) is 0 Å². The number of ether oxygens (including phenoxy) is 1. The Labute approximate surface area is 256 Å². The van der Waals surface area contributed by atoms with E-state index in [0.29, 0.717) is 12.8 Å². The third-order valence-corrected chi connectivity index (χ3v) is 8.33. The number of hydrogen-bond acceptors (Lipinski definition) is 9. The zero-order chi connectivity index (χ0) is 30.9. The molecule has 1 aromatic heterocycles. The zero-order valence-corrected chi connectivity index (χ0v) is 26.0. The number of benzene rings is 1. The summed E-state index contributed by atoms with van der Waals surface area (Å²) in [5.74, 6) is -1.14. The summed E-state index contributed by atoms with van der Waals surface area (Å²) < 4.78 is 3.76. The molecule has 1 aromatic carbocycles. The van der Waals surface area contributed by atoms with Crippen LogP contribution in [0, 0.1) is 6.92 Å². The molecule has 1 saturated heterocycles. The Morgan fingerprint density at radius 2 is 1.88 bits per heavy atom. The molecule has 3 rings (SSSR count). The summed E-state index contributed by atoms with van der Waals surface area (Å²) in [5.41, 5.74) is 9.65. The van der Waals surface area contributed by atoms with Crippen LogP contribution in [0.15, 0.2) is 29.8 Å². The number of amides is 4. The predicted octanol–water partition coefficient (Wildman–Crippen LogP) is 2.94. The van der Waals surface area contributed by atoms with Crippen molar-refractivity contribution in [1.82, 2.24) is 20.5 Å². The van der Waals surface area contributed by atoms with Crippen LogP contribution < -0.4 is 16.4 Å². The van der Waals surface area contributed by atoms with Crippen molar-refractivity contribution >= 4 is 47.8 Å². The molecule has 0 unspecified atom stereocenters. The smallest absolute Gasteiger partial charge is 0.404 e. The third kappa shape index (κ3) is 9.70. The lowest BCUT2D eigenvalue weighted by molar-refractivity contribution is -0.142. The van der Waals surface area contributed by atoms with Crippen LogP contribution in [0.1, 0.15) is 63.6 Å². The molecule has 0 spiro atoms. The number of primary amides is 1. The highest BCUT2D eigenvalue weighted by Crippen LogP contribution is 2.28. The molecule has 13 heteroatoms. The van der Waals surface area contributed by atoms with Crippen LogP contribution in [0.2, 0.25) is 0 Å². The number of aliphatic hydroxyl groups is 1. The summed E-state index contributed by atoms with van der Waals surface area (Å²) in [6.07, 6.45) is 1.39. The fourth-order valence-corrected chi connectivity index (χ4v) is 5.81. The van der Waals surface area contributed by atoms with Gasteiger partial charge in [-0.2, -0.15) is 12.6 Å². The van der Waals surface area contributed by atoms with Crippen LogP contribution in [0.4, 0.5) is 4.79 Å². The third-order valence-electron chi connectivity index (χ3n) is 7.09. The van der Waals surface area contributed by atoms with Crippen LogP contribution in [0.3, 0.4) is 0 Å². The average molecular weight is 620 g/mol. The van der Waals surface area contributed by atoms with Gasteiger partial charge in [-0.1, -0.05) is 37.1 Å². The predicted molar refractivity (Wildman–Crippen MR) is 164 cm³/mol. The van der Waals surface area contributed by atoms with Gasteiger partial charge in [0.15, 0.2) is 0 Å². The average Bonchev–Trinajstić information content (AvgIpc) is 3.54. The molecule has 1 fully saturated rings. The molecule has 2 aromatic rings. The van der Waals surface area contributed by atoms with E-state index in [1.807, 2.05) is 36.7 Å². The molecule has 1 aliphatic rings. The molecule has 11 nitrogen and oxygen atoms in total. The number of nitrogens with zero attached hydrogens (tertiary/aromatic N) is 2. The fourth-order valence-electron chi connectivity index (χ4n) is 4.82. The second-order valence-electron chi connectivity index (χ2n) is 11.1. The first-order valence-electron chi connectivity index (χ1n) is 14.1. The van der Waals surface area contributed by atoms with Gasteiger partial charge >= 0.3 is 6.09 Å². The Morgan fingerprint density at radius 3 is 2.50 bits per heavy atom. The number of thiazole rings is 1. The van der Waals surface area contributed by atoms with Gasteiger partial charge in [0.1, 0.15) is 12.1 Å². The molecule has 2 heterocycles. The molecular weight excluding hydrogens is 578 g/mol. The number of carbonyl (C=O) groups is 4. The number of rotatable bonds is 14. The normalized spacial score (nSPS) is 17.5. The van der Waals surface area contributed by atoms with E-state index < -0.39 is 34.9 Å². The number of thiol groups is 1. The number of aliphatic hydroxyl groups excluding tert-OH is 1. The number of hydrogen-bond donors (Lipinski definition) is 5. The zero-order valence-electron chi connectivity index (χ0n) is 24.3. The lowest BCUT2D eigenvalue weighted by Crippen LogP contribution is -2.59. The van der Waals surface area contributed by atoms with E-state index in [2.05, 4.69) is 33.0 Å². The van der Waals surface area contributed by atoms with E-state index in [1.54, 1.807) is 25.2 Å². The van der Waals surface area contributed by atoms with Crippen LogP contribution in [0.25, 0.3) is 10.4 Å². The van der Waals surface area contributed by atoms with Crippen molar-refractivity contribution in [3.8, 4) is 10.4 Å². The number of likely N-dealkylation sites (tertiary alicyclic amines) is 1. The van der Waals surface area contributed by atoms with Gasteiger partial charge < -0.3 is 31.1 Å². The van der Waals surface area contributed by atoms with Gasteiger partial charge in [0.05, 0.1) is 28.8 Å². The number of aryl methyl sites for hydroxylation is 1.